The van der Waals surface area contributed by atoms with Crippen LogP contribution in [0.2, 0.25) is 0 Å². The summed E-state index contributed by atoms with van der Waals surface area (Å²) in [5, 5.41) is 3.12. The summed E-state index contributed by atoms with van der Waals surface area (Å²) >= 11 is 3.40. The molecule has 1 aromatic carbocycles. The Morgan fingerprint density at radius 3 is 2.76 bits per heavy atom. The maximum absolute atomic E-state index is 5.85. The molecule has 0 radical (unpaired) electrons. The van der Waals surface area contributed by atoms with Gasteiger partial charge in [0.05, 0.1) is 11.9 Å². The van der Waals surface area contributed by atoms with Crippen LogP contribution in [0.1, 0.15) is 13.3 Å². The second-order valence-electron chi connectivity index (χ2n) is 4.38. The third-order valence-corrected chi connectivity index (χ3v) is 3.30. The van der Waals surface area contributed by atoms with Crippen molar-refractivity contribution in [2.24, 2.45) is 11.7 Å². The molecule has 1 heterocycles. The van der Waals surface area contributed by atoms with Crippen LogP contribution in [0.25, 0.3) is 0 Å². The van der Waals surface area contributed by atoms with Gasteiger partial charge in [-0.1, -0.05) is 15.9 Å². The van der Waals surface area contributed by atoms with Gasteiger partial charge in [-0.05, 0) is 43.7 Å². The van der Waals surface area contributed by atoms with Crippen molar-refractivity contribution in [1.82, 2.24) is 5.32 Å². The molecule has 0 spiro atoms. The number of hydrogen-bond donors (Lipinski definition) is 2. The predicted molar refractivity (Wildman–Crippen MR) is 72.6 cm³/mol. The van der Waals surface area contributed by atoms with Crippen molar-refractivity contribution in [3.05, 3.63) is 40.6 Å². The highest BCUT2D eigenvalue weighted by molar-refractivity contribution is 9.10. The minimum atomic E-state index is 0.185. The Hall–Kier alpha value is -1.16. The second kappa shape index (κ2) is 5.45. The molecule has 0 aromatic heterocycles. The summed E-state index contributed by atoms with van der Waals surface area (Å²) in [6, 6.07) is 7.91. The molecule has 0 fully saturated rings. The van der Waals surface area contributed by atoms with Crippen molar-refractivity contribution in [3.63, 3.8) is 0 Å². The summed E-state index contributed by atoms with van der Waals surface area (Å²) in [6.07, 6.45) is 3.23. The Morgan fingerprint density at radius 1 is 1.47 bits per heavy atom. The summed E-state index contributed by atoms with van der Waals surface area (Å²) < 4.78 is 6.91. The van der Waals surface area contributed by atoms with Crippen molar-refractivity contribution in [2.75, 3.05) is 6.54 Å². The van der Waals surface area contributed by atoms with Crippen LogP contribution in [-0.2, 0) is 0 Å². The van der Waals surface area contributed by atoms with Crippen LogP contribution < -0.4 is 15.8 Å². The van der Waals surface area contributed by atoms with E-state index in [9.17, 15) is 0 Å². The molecule has 2 rings (SSSR count). The largest absolute Gasteiger partial charge is 0.491 e. The maximum atomic E-state index is 5.85. The highest BCUT2D eigenvalue weighted by Gasteiger charge is 2.17. The van der Waals surface area contributed by atoms with Crippen molar-refractivity contribution in [1.29, 1.82) is 0 Å². The predicted octanol–water partition coefficient (Wildman–Crippen LogP) is 2.63. The smallest absolute Gasteiger partial charge is 0.119 e. The third kappa shape index (κ3) is 3.66. The van der Waals surface area contributed by atoms with E-state index in [4.69, 9.17) is 10.5 Å². The molecule has 0 bridgehead atoms. The van der Waals surface area contributed by atoms with Crippen LogP contribution in [0.15, 0.2) is 40.6 Å². The standard InChI is InChI=1S/C13H17BrN2O/c1-9(6-10-7-13(15)16-8-10)17-12-4-2-11(14)3-5-12/h2-5,7,9-10,16H,6,8,15H2,1H3/t9-,10-/m0/s1. The van der Waals surface area contributed by atoms with E-state index in [0.717, 1.165) is 29.0 Å². The lowest BCUT2D eigenvalue weighted by Crippen LogP contribution is -2.20. The van der Waals surface area contributed by atoms with Crippen molar-refractivity contribution in [3.8, 4) is 5.75 Å². The van der Waals surface area contributed by atoms with Crippen LogP contribution in [0.3, 0.4) is 0 Å². The molecular weight excluding hydrogens is 280 g/mol. The topological polar surface area (TPSA) is 47.3 Å². The van der Waals surface area contributed by atoms with Gasteiger partial charge in [0.1, 0.15) is 5.75 Å². The molecule has 3 nitrogen and oxygen atoms in total. The zero-order chi connectivity index (χ0) is 12.3. The molecule has 0 unspecified atom stereocenters. The first-order chi connectivity index (χ1) is 8.13. The van der Waals surface area contributed by atoms with E-state index in [1.807, 2.05) is 24.3 Å². The van der Waals surface area contributed by atoms with Gasteiger partial charge in [-0.3, -0.25) is 0 Å². The molecule has 0 saturated carbocycles. The molecule has 0 amide bonds. The lowest BCUT2D eigenvalue weighted by molar-refractivity contribution is 0.196. The molecule has 4 heteroatoms. The van der Waals surface area contributed by atoms with Gasteiger partial charge < -0.3 is 15.8 Å². The van der Waals surface area contributed by atoms with Gasteiger partial charge in [0, 0.05) is 16.9 Å². The van der Waals surface area contributed by atoms with Crippen LogP contribution in [0, 0.1) is 5.92 Å². The number of halogens is 1. The zero-order valence-corrected chi connectivity index (χ0v) is 11.4. The highest BCUT2D eigenvalue weighted by atomic mass is 79.9. The number of hydrogen-bond acceptors (Lipinski definition) is 3. The van der Waals surface area contributed by atoms with Crippen molar-refractivity contribution >= 4 is 15.9 Å². The van der Waals surface area contributed by atoms with Gasteiger partial charge in [0.2, 0.25) is 0 Å². The molecule has 92 valence electrons. The molecule has 1 aliphatic heterocycles. The minimum Gasteiger partial charge on any atom is -0.491 e. The average molecular weight is 297 g/mol. The Balaban J connectivity index is 1.85. The van der Waals surface area contributed by atoms with E-state index in [2.05, 4.69) is 34.2 Å². The normalized spacial score (nSPS) is 20.6. The monoisotopic (exact) mass is 296 g/mol. The van der Waals surface area contributed by atoms with Crippen LogP contribution in [0.5, 0.6) is 5.75 Å². The van der Waals surface area contributed by atoms with Crippen LogP contribution in [-0.4, -0.2) is 12.6 Å². The Morgan fingerprint density at radius 2 is 2.18 bits per heavy atom. The van der Waals surface area contributed by atoms with E-state index in [1.54, 1.807) is 0 Å². The molecule has 0 saturated heterocycles. The fourth-order valence-electron chi connectivity index (χ4n) is 1.99. The highest BCUT2D eigenvalue weighted by Crippen LogP contribution is 2.20. The number of nitrogens with two attached hydrogens (primary N) is 1. The number of ether oxygens (including phenoxy) is 1. The molecular formula is C13H17BrN2O. The molecule has 2 atom stereocenters. The summed E-state index contributed by atoms with van der Waals surface area (Å²) in [6.45, 7) is 3.00. The number of nitrogens with one attached hydrogen (secondary N) is 1. The summed E-state index contributed by atoms with van der Waals surface area (Å²) in [4.78, 5) is 0. The van der Waals surface area contributed by atoms with Crippen molar-refractivity contribution < 1.29 is 4.74 Å². The van der Waals surface area contributed by atoms with Gasteiger partial charge in [0.15, 0.2) is 0 Å². The number of rotatable bonds is 4. The van der Waals surface area contributed by atoms with E-state index < -0.39 is 0 Å². The van der Waals surface area contributed by atoms with Crippen LogP contribution >= 0.6 is 15.9 Å². The minimum absolute atomic E-state index is 0.185. The second-order valence-corrected chi connectivity index (χ2v) is 5.30. The lowest BCUT2D eigenvalue weighted by Gasteiger charge is -2.17. The molecule has 3 N–H and O–H groups in total. The van der Waals surface area contributed by atoms with Crippen molar-refractivity contribution in [2.45, 2.75) is 19.4 Å². The Kier molecular flexibility index (Phi) is 3.94. The summed E-state index contributed by atoms with van der Waals surface area (Å²) in [5.74, 6) is 2.16. The Bertz CT molecular complexity index is 402. The van der Waals surface area contributed by atoms with Crippen LogP contribution in [0.4, 0.5) is 0 Å². The van der Waals surface area contributed by atoms with E-state index in [1.165, 1.54) is 0 Å². The van der Waals surface area contributed by atoms with Gasteiger partial charge in [0.25, 0.3) is 0 Å². The molecule has 0 aliphatic carbocycles. The molecule has 1 aromatic rings. The molecule has 17 heavy (non-hydrogen) atoms. The lowest BCUT2D eigenvalue weighted by atomic mass is 10.0. The van der Waals surface area contributed by atoms with E-state index in [0.29, 0.717) is 5.92 Å². The van der Waals surface area contributed by atoms with Gasteiger partial charge in [-0.15, -0.1) is 0 Å². The van der Waals surface area contributed by atoms with E-state index in [-0.39, 0.29) is 6.10 Å². The Labute approximate surface area is 110 Å². The molecule has 1 aliphatic rings. The average Bonchev–Trinajstić information content (AvgIpc) is 2.67. The first kappa shape index (κ1) is 12.3. The van der Waals surface area contributed by atoms with E-state index >= 15 is 0 Å². The summed E-state index contributed by atoms with van der Waals surface area (Å²) in [7, 11) is 0. The fourth-order valence-corrected chi connectivity index (χ4v) is 2.26. The third-order valence-electron chi connectivity index (χ3n) is 2.77. The first-order valence-electron chi connectivity index (χ1n) is 5.77. The first-order valence-corrected chi connectivity index (χ1v) is 6.56. The maximum Gasteiger partial charge on any atom is 0.119 e. The number of benzene rings is 1. The zero-order valence-electron chi connectivity index (χ0n) is 9.82. The fraction of sp³-hybridized carbons (Fsp3) is 0.385. The van der Waals surface area contributed by atoms with Gasteiger partial charge >= 0.3 is 0 Å². The van der Waals surface area contributed by atoms with Gasteiger partial charge in [-0.2, -0.15) is 0 Å². The quantitative estimate of drug-likeness (QED) is 0.898. The SMILES string of the molecule is C[C@@H](C[C@H]1C=C(N)NC1)Oc1ccc(Br)cc1. The van der Waals surface area contributed by atoms with Gasteiger partial charge in [-0.25, -0.2) is 0 Å². The summed E-state index contributed by atoms with van der Waals surface area (Å²) in [5.41, 5.74) is 5.67.